The van der Waals surface area contributed by atoms with E-state index in [0.29, 0.717) is 210 Å². The fourth-order valence-electron chi connectivity index (χ4n) is 19.5. The van der Waals surface area contributed by atoms with Crippen LogP contribution in [0.4, 0.5) is 0 Å². The third-order valence-electron chi connectivity index (χ3n) is 29.8. The molecule has 4 heterocycles. The van der Waals surface area contributed by atoms with Crippen molar-refractivity contribution in [3.8, 4) is 11.5 Å². The number of hydrogen-bond donors (Lipinski definition) is 3. The number of hydrogen-bond acceptors (Lipinski definition) is 27. The molecule has 3 aromatic rings. The van der Waals surface area contributed by atoms with Gasteiger partial charge in [0.05, 0.1) is 90.9 Å². The first kappa shape index (κ1) is 122. The van der Waals surface area contributed by atoms with E-state index in [1.54, 1.807) is 19.1 Å². The molecule has 4 fully saturated rings. The monoisotopic (exact) mass is 2010 g/mol. The summed E-state index contributed by atoms with van der Waals surface area (Å²) in [6.07, 6.45) is 16.2. The third kappa shape index (κ3) is 44.5. The van der Waals surface area contributed by atoms with Crippen LogP contribution in [0.5, 0.6) is 11.5 Å². The van der Waals surface area contributed by atoms with Crippen molar-refractivity contribution in [1.82, 2.24) is 15.5 Å². The van der Waals surface area contributed by atoms with Crippen molar-refractivity contribution >= 4 is 64.5 Å². The Morgan fingerprint density at radius 3 is 1.07 bits per heavy atom. The first-order chi connectivity index (χ1) is 68.8. The first-order valence-electron chi connectivity index (χ1n) is 53.8. The molecule has 3 amide bonds. The molecule has 3 N–H and O–H groups in total. The zero-order valence-corrected chi connectivity index (χ0v) is 88.9. The molecule has 30 nitrogen and oxygen atoms in total. The van der Waals surface area contributed by atoms with E-state index in [9.17, 15) is 57.8 Å². The molecule has 4 aliphatic heterocycles. The number of ketones is 5. The lowest BCUT2D eigenvalue weighted by Gasteiger charge is -2.43. The molecule has 806 valence electrons. The molecule has 17 atom stereocenters. The van der Waals surface area contributed by atoms with Gasteiger partial charge in [0.25, 0.3) is 0 Å². The number of aliphatic hydroxyl groups excluding tert-OH is 1. The van der Waals surface area contributed by atoms with Crippen molar-refractivity contribution in [1.29, 1.82) is 0 Å². The van der Waals surface area contributed by atoms with Crippen molar-refractivity contribution in [2.75, 3.05) is 120 Å². The highest BCUT2D eigenvalue weighted by atomic mass is 16.7. The van der Waals surface area contributed by atoms with E-state index < -0.39 is 36.0 Å². The summed E-state index contributed by atoms with van der Waals surface area (Å²) in [5.74, 6) is 2.10. The quantitative estimate of drug-likeness (QED) is 0.0204. The van der Waals surface area contributed by atoms with E-state index in [-0.39, 0.29) is 235 Å². The van der Waals surface area contributed by atoms with Crippen molar-refractivity contribution in [2.45, 2.75) is 363 Å². The van der Waals surface area contributed by atoms with E-state index >= 15 is 0 Å². The molecule has 0 aromatic heterocycles. The van der Waals surface area contributed by atoms with Gasteiger partial charge in [-0.2, -0.15) is 0 Å². The van der Waals surface area contributed by atoms with Crippen LogP contribution in [0.25, 0.3) is 0 Å². The first-order valence-corrected chi connectivity index (χ1v) is 53.8. The average molecular weight is 2010 g/mol. The molecule has 0 aliphatic carbocycles. The molecule has 0 spiro atoms. The molecule has 0 bridgehead atoms. The van der Waals surface area contributed by atoms with E-state index in [4.69, 9.17) is 71.1 Å². The van der Waals surface area contributed by atoms with Gasteiger partial charge >= 0.3 is 17.9 Å². The van der Waals surface area contributed by atoms with E-state index in [0.717, 1.165) is 55.2 Å². The van der Waals surface area contributed by atoms with Gasteiger partial charge in [-0.3, -0.25) is 52.7 Å². The number of amides is 3. The molecular weight excluding hydrogens is 1830 g/mol. The highest BCUT2D eigenvalue weighted by molar-refractivity contribution is 5.81. The lowest BCUT2D eigenvalue weighted by Crippen LogP contribution is -2.47. The van der Waals surface area contributed by atoms with Crippen molar-refractivity contribution in [2.24, 2.45) is 58.7 Å². The summed E-state index contributed by atoms with van der Waals surface area (Å²) in [5.41, 5.74) is 0.466. The lowest BCUT2D eigenvalue weighted by atomic mass is 9.79. The van der Waals surface area contributed by atoms with Gasteiger partial charge in [0.2, 0.25) is 17.7 Å². The fourth-order valence-corrected chi connectivity index (χ4v) is 19.5. The van der Waals surface area contributed by atoms with Gasteiger partial charge in [0, 0.05) is 167 Å². The number of rotatable bonds is 76. The Kier molecular flexibility index (Phi) is 57.8. The summed E-state index contributed by atoms with van der Waals surface area (Å²) in [6, 6.07) is 25.2. The van der Waals surface area contributed by atoms with Crippen LogP contribution in [0.2, 0.25) is 0 Å². The molecule has 30 heteroatoms. The average Bonchev–Trinajstić information content (AvgIpc) is 1.54. The number of unbranched alkanes of at least 4 members (excludes halogenated alkanes) is 14. The Morgan fingerprint density at radius 2 is 0.685 bits per heavy atom. The molecule has 4 aliphatic rings. The fraction of sp³-hybridized carbons (Fsp3) is 0.743. The maximum Gasteiger partial charge on any atom is 0.302 e. The topological polar surface area (TPSA) is 374 Å². The summed E-state index contributed by atoms with van der Waals surface area (Å²) < 4.78 is 90.3. The second-order valence-electron chi connectivity index (χ2n) is 40.9. The number of carbonyl (C=O) groups excluding carboxylic acids is 11. The number of Topliss-reactive ketones (excluding diaryl/α,β-unsaturated/α-hetero) is 5. The summed E-state index contributed by atoms with van der Waals surface area (Å²) >= 11 is 0. The van der Waals surface area contributed by atoms with Gasteiger partial charge < -0.3 is 91.7 Å². The maximum absolute atomic E-state index is 14.5. The maximum atomic E-state index is 14.5. The lowest BCUT2D eigenvalue weighted by molar-refractivity contribution is -0.255. The number of likely N-dealkylation sites (tertiary alicyclic amines) is 1. The standard InChI is InChI=1S/C113H177N3O27/c1-79-82(4)103(73-137-88(10)117)141-109(85(79)7)134-63-35-32-45-95(120)41-27-22-29-43-97(122)58-66-131-76-112(77-132-67-59-98(123)44-30-23-28-42-96(121)46-33-36-64-135-110-86(8)80(2)83(5)104(142-110)74-138-89(11)118,78-133-68-60-107(127)115-62-38-61-114-106(126)48-34-37-65-136-111-87(9)81(3)84(6)105(143-111)75-139-90(12)119)70-99(124)47-26-19-17-15-16-18-20-31-49-108(128)116-71-100(125)69-94(116)72-140-113(91-39-24-21-25-40-91,92-50-54-101(129-13)55-51-92)93-52-56-102(130-14)57-53-93/h21,24-25,39-40,50-57,79-87,94,100,103-105,109-111,125H,15-20,22-23,26-38,41-49,58-78H2,1-14H3,(H,114,126)(H,115,127)/t79?,80?,81?,82?,83?,84?,85?,86?,87?,94?,100-,103?,104?,105?,109?,110?,111?,112?/m1/s1. The van der Waals surface area contributed by atoms with E-state index in [1.165, 1.54) is 20.8 Å². The molecule has 4 saturated heterocycles. The Hall–Kier alpha value is -8.01. The minimum atomic E-state index is -1.09. The van der Waals surface area contributed by atoms with Crippen molar-refractivity contribution in [3.05, 3.63) is 95.6 Å². The molecular formula is C113H177N3O27. The molecule has 3 aromatic carbocycles. The highest BCUT2D eigenvalue weighted by Crippen LogP contribution is 2.44. The number of β-amino-alcohol motifs (C(OH)–C–C–N with tert-alkyl or cyclic N) is 1. The van der Waals surface area contributed by atoms with Crippen LogP contribution in [0.3, 0.4) is 0 Å². The number of benzene rings is 3. The van der Waals surface area contributed by atoms with Crippen LogP contribution in [0.1, 0.15) is 325 Å². The Bertz CT molecular complexity index is 3900. The van der Waals surface area contributed by atoms with Gasteiger partial charge in [-0.25, -0.2) is 0 Å². The van der Waals surface area contributed by atoms with Gasteiger partial charge in [-0.1, -0.05) is 168 Å². The number of esters is 3. The van der Waals surface area contributed by atoms with Crippen molar-refractivity contribution < 1.29 is 129 Å². The zero-order chi connectivity index (χ0) is 104. The Labute approximate surface area is 852 Å². The van der Waals surface area contributed by atoms with E-state index in [2.05, 4.69) is 72.9 Å². The predicted molar refractivity (Wildman–Crippen MR) is 544 cm³/mol. The van der Waals surface area contributed by atoms with Crippen LogP contribution in [-0.4, -0.2) is 244 Å². The van der Waals surface area contributed by atoms with Gasteiger partial charge in [0.1, 0.15) is 65.8 Å². The Morgan fingerprint density at radius 1 is 0.357 bits per heavy atom. The molecule has 143 heavy (non-hydrogen) atoms. The molecule has 16 unspecified atom stereocenters. The van der Waals surface area contributed by atoms with Gasteiger partial charge in [0.15, 0.2) is 18.9 Å². The molecule has 7 rings (SSSR count). The van der Waals surface area contributed by atoms with Crippen LogP contribution in [-0.2, 0) is 120 Å². The SMILES string of the molecule is COc1ccc(C(OCC2C[C@@H](O)CN2C(=O)CCCCCCCCCCC(=O)CC(COCCC(=O)CCCCCC(=O)CCCCOC2OC(COC(C)=O)C(C)C(C)C2C)(COCCC(=O)CCCCCC(=O)CCCCOC2OC(COC(C)=O)C(C)C(C)C2C)COCCC(=O)NCCCNC(=O)CCCCOC2OC(COC(C)=O)C(C)C(C)C2C)(c2ccccc2)c2ccc(OC)cc2)cc1. The van der Waals surface area contributed by atoms with Crippen LogP contribution < -0.4 is 20.1 Å². The number of nitrogens with one attached hydrogen (secondary N) is 2. The largest absolute Gasteiger partial charge is 0.497 e. The van der Waals surface area contributed by atoms with Crippen LogP contribution in [0.15, 0.2) is 78.9 Å². The number of methoxy groups -OCH3 is 2. The second kappa shape index (κ2) is 67.8. The third-order valence-corrected chi connectivity index (χ3v) is 29.8. The summed E-state index contributed by atoms with van der Waals surface area (Å²) in [5, 5.41) is 17.0. The summed E-state index contributed by atoms with van der Waals surface area (Å²) in [7, 11) is 3.26. The summed E-state index contributed by atoms with van der Waals surface area (Å²) in [6.45, 7) is 26.1. The van der Waals surface area contributed by atoms with Gasteiger partial charge in [-0.05, 0) is 166 Å². The van der Waals surface area contributed by atoms with E-state index in [1.807, 2.05) is 78.9 Å². The van der Waals surface area contributed by atoms with Crippen LogP contribution in [0, 0.1) is 58.7 Å². The minimum Gasteiger partial charge on any atom is -0.497 e. The smallest absolute Gasteiger partial charge is 0.302 e. The predicted octanol–water partition coefficient (Wildman–Crippen LogP) is 18.0. The molecule has 0 saturated carbocycles. The second-order valence-corrected chi connectivity index (χ2v) is 40.9. The van der Waals surface area contributed by atoms with Crippen molar-refractivity contribution in [3.63, 3.8) is 0 Å². The number of nitrogens with zero attached hydrogens (tertiary/aromatic N) is 1. The zero-order valence-electron chi connectivity index (χ0n) is 88.9. The number of aliphatic hydroxyl groups is 1. The normalized spacial score (nSPS) is 23.2. The number of carbonyl (C=O) groups is 11. The molecule has 0 radical (unpaired) electrons. The highest BCUT2D eigenvalue weighted by Gasteiger charge is 2.46. The summed E-state index contributed by atoms with van der Waals surface area (Å²) in [4.78, 5) is 144. The van der Waals surface area contributed by atoms with Gasteiger partial charge in [-0.15, -0.1) is 0 Å². The number of ether oxygens (including phenoxy) is 15. The van der Waals surface area contributed by atoms with Crippen LogP contribution >= 0.6 is 0 Å². The minimum absolute atomic E-state index is 0.000333. The Balaban J connectivity index is 0.900.